The zero-order valence-electron chi connectivity index (χ0n) is 17.6. The Morgan fingerprint density at radius 1 is 1.26 bits per heavy atom. The highest BCUT2D eigenvalue weighted by atomic mass is 35.5. The van der Waals surface area contributed by atoms with Gasteiger partial charge in [-0.1, -0.05) is 48.9 Å². The third kappa shape index (κ3) is 3.36. The quantitative estimate of drug-likeness (QED) is 0.696. The number of carbonyl (C=O) groups is 1. The predicted molar refractivity (Wildman–Crippen MR) is 120 cm³/mol. The molecule has 6 rings (SSSR count). The number of hydrogen-bond donors (Lipinski definition) is 2. The van der Waals surface area contributed by atoms with Gasteiger partial charge in [0.05, 0.1) is 23.3 Å². The van der Waals surface area contributed by atoms with Gasteiger partial charge >= 0.3 is 5.97 Å². The molecule has 0 saturated heterocycles. The van der Waals surface area contributed by atoms with Crippen molar-refractivity contribution < 1.29 is 9.90 Å². The molecule has 1 heterocycles. The van der Waals surface area contributed by atoms with E-state index in [4.69, 9.17) is 11.6 Å². The number of nitrogens with one attached hydrogen (secondary N) is 1. The zero-order valence-corrected chi connectivity index (χ0v) is 18.4. The summed E-state index contributed by atoms with van der Waals surface area (Å²) >= 11 is 6.51. The molecule has 4 saturated carbocycles. The van der Waals surface area contributed by atoms with Crippen LogP contribution < -0.4 is 10.9 Å². The van der Waals surface area contributed by atoms with Gasteiger partial charge in [-0.15, -0.1) is 0 Å². The lowest BCUT2D eigenvalue weighted by Gasteiger charge is -2.59. The number of carboxylic acid groups (broad SMARTS) is 1. The first-order valence-electron chi connectivity index (χ1n) is 11.2. The van der Waals surface area contributed by atoms with Crippen LogP contribution in [0.25, 0.3) is 0 Å². The SMILES string of the molecule is CC(CNc1cnn(C23CC4CC(CC(C4)C2C(=O)O)C3)c(=O)c1Cl)c1ccccc1. The van der Waals surface area contributed by atoms with Crippen molar-refractivity contribution in [3.05, 3.63) is 57.5 Å². The van der Waals surface area contributed by atoms with Crippen LogP contribution in [0.15, 0.2) is 41.3 Å². The van der Waals surface area contributed by atoms with E-state index in [0.29, 0.717) is 36.9 Å². The Labute approximate surface area is 186 Å². The molecular weight excluding hydrogens is 414 g/mol. The first kappa shape index (κ1) is 20.6. The van der Waals surface area contributed by atoms with Crippen LogP contribution in [0.2, 0.25) is 5.02 Å². The molecule has 4 aliphatic rings. The van der Waals surface area contributed by atoms with Crippen LogP contribution in [0.3, 0.4) is 0 Å². The second-order valence-electron chi connectivity index (χ2n) is 9.81. The summed E-state index contributed by atoms with van der Waals surface area (Å²) in [5.41, 5.74) is 0.566. The van der Waals surface area contributed by atoms with E-state index < -0.39 is 17.4 Å². The largest absolute Gasteiger partial charge is 0.481 e. The van der Waals surface area contributed by atoms with E-state index in [2.05, 4.69) is 29.5 Å². The molecule has 164 valence electrons. The van der Waals surface area contributed by atoms with Crippen LogP contribution in [0.5, 0.6) is 0 Å². The average molecular weight is 442 g/mol. The fourth-order valence-electron chi connectivity index (χ4n) is 6.77. The molecule has 1 aromatic carbocycles. The summed E-state index contributed by atoms with van der Waals surface area (Å²) < 4.78 is 1.43. The van der Waals surface area contributed by atoms with Crippen molar-refractivity contribution in [3.63, 3.8) is 0 Å². The van der Waals surface area contributed by atoms with Gasteiger partial charge in [-0.3, -0.25) is 9.59 Å². The molecule has 0 aliphatic heterocycles. The molecule has 2 N–H and O–H groups in total. The van der Waals surface area contributed by atoms with Crippen LogP contribution in [0.4, 0.5) is 5.69 Å². The molecule has 7 heteroatoms. The zero-order chi connectivity index (χ0) is 21.8. The van der Waals surface area contributed by atoms with E-state index in [1.54, 1.807) is 6.20 Å². The molecule has 4 unspecified atom stereocenters. The minimum atomic E-state index is -0.812. The van der Waals surface area contributed by atoms with Crippen molar-refractivity contribution in [2.45, 2.75) is 50.5 Å². The van der Waals surface area contributed by atoms with Gasteiger partial charge in [0.2, 0.25) is 0 Å². The number of anilines is 1. The van der Waals surface area contributed by atoms with Gasteiger partial charge < -0.3 is 10.4 Å². The van der Waals surface area contributed by atoms with Crippen LogP contribution in [-0.2, 0) is 10.3 Å². The van der Waals surface area contributed by atoms with Gasteiger partial charge in [0, 0.05) is 6.54 Å². The van der Waals surface area contributed by atoms with E-state index in [9.17, 15) is 14.7 Å². The van der Waals surface area contributed by atoms with Crippen molar-refractivity contribution >= 4 is 23.3 Å². The lowest BCUT2D eigenvalue weighted by Crippen LogP contribution is -2.63. The maximum atomic E-state index is 13.3. The van der Waals surface area contributed by atoms with Crippen LogP contribution in [0.1, 0.15) is 50.5 Å². The highest BCUT2D eigenvalue weighted by molar-refractivity contribution is 6.32. The van der Waals surface area contributed by atoms with Gasteiger partial charge in [0.25, 0.3) is 5.56 Å². The molecule has 6 nitrogen and oxygen atoms in total. The highest BCUT2D eigenvalue weighted by Gasteiger charge is 2.61. The van der Waals surface area contributed by atoms with Crippen LogP contribution in [-0.4, -0.2) is 27.4 Å². The molecule has 0 radical (unpaired) electrons. The summed E-state index contributed by atoms with van der Waals surface area (Å²) in [7, 11) is 0. The van der Waals surface area contributed by atoms with E-state index in [1.807, 2.05) is 18.2 Å². The Kier molecular flexibility index (Phi) is 5.08. The number of nitrogens with zero attached hydrogens (tertiary/aromatic N) is 2. The monoisotopic (exact) mass is 441 g/mol. The molecule has 0 spiro atoms. The van der Waals surface area contributed by atoms with E-state index >= 15 is 0 Å². The molecule has 4 aliphatic carbocycles. The molecule has 4 bridgehead atoms. The van der Waals surface area contributed by atoms with E-state index in [-0.39, 0.29) is 22.4 Å². The lowest BCUT2D eigenvalue weighted by atomic mass is 9.48. The smallest absolute Gasteiger partial charge is 0.309 e. The topological polar surface area (TPSA) is 84.2 Å². The summed E-state index contributed by atoms with van der Waals surface area (Å²) in [6.45, 7) is 2.72. The number of aliphatic carboxylic acids is 1. The Bertz CT molecular complexity index is 1040. The van der Waals surface area contributed by atoms with Gasteiger partial charge in [-0.25, -0.2) is 4.68 Å². The molecule has 31 heavy (non-hydrogen) atoms. The Morgan fingerprint density at radius 3 is 2.58 bits per heavy atom. The van der Waals surface area contributed by atoms with Crippen molar-refractivity contribution in [1.82, 2.24) is 9.78 Å². The van der Waals surface area contributed by atoms with E-state index in [0.717, 1.165) is 19.3 Å². The fraction of sp³-hybridized carbons (Fsp3) is 0.542. The van der Waals surface area contributed by atoms with Gasteiger partial charge in [0.1, 0.15) is 5.02 Å². The summed E-state index contributed by atoms with van der Waals surface area (Å²) in [5.74, 6) is -0.0684. The Balaban J connectivity index is 1.44. The minimum Gasteiger partial charge on any atom is -0.481 e. The summed E-state index contributed by atoms with van der Waals surface area (Å²) in [6, 6.07) is 10.1. The maximum absolute atomic E-state index is 13.3. The Morgan fingerprint density at radius 2 is 1.94 bits per heavy atom. The average Bonchev–Trinajstić information content (AvgIpc) is 2.74. The van der Waals surface area contributed by atoms with Gasteiger partial charge in [-0.2, -0.15) is 5.10 Å². The molecule has 0 amide bonds. The molecule has 1 aromatic heterocycles. The fourth-order valence-corrected chi connectivity index (χ4v) is 6.97. The standard InChI is InChI=1S/C24H28ClN3O3/c1-14(17-5-3-2-4-6-17)12-26-19-13-27-28(22(29)21(19)25)24-10-15-7-16(11-24)9-18(8-15)20(24)23(30)31/h2-6,13-16,18,20,26H,7-12H2,1H3,(H,30,31). The number of rotatable bonds is 6. The van der Waals surface area contributed by atoms with Gasteiger partial charge in [0.15, 0.2) is 0 Å². The molecule has 4 atom stereocenters. The third-order valence-electron chi connectivity index (χ3n) is 7.85. The lowest BCUT2D eigenvalue weighted by molar-refractivity contribution is -0.168. The highest BCUT2D eigenvalue weighted by Crippen LogP contribution is 2.61. The van der Waals surface area contributed by atoms with Crippen molar-refractivity contribution in [3.8, 4) is 0 Å². The van der Waals surface area contributed by atoms with Gasteiger partial charge in [-0.05, 0) is 61.3 Å². The second kappa shape index (κ2) is 7.66. The molecule has 2 aromatic rings. The normalized spacial score (nSPS) is 32.1. The van der Waals surface area contributed by atoms with Crippen molar-refractivity contribution in [2.24, 2.45) is 23.7 Å². The third-order valence-corrected chi connectivity index (χ3v) is 8.21. The summed E-state index contributed by atoms with van der Waals surface area (Å²) in [6.07, 6.45) is 6.06. The van der Waals surface area contributed by atoms with E-state index in [1.165, 1.54) is 10.2 Å². The van der Waals surface area contributed by atoms with Crippen molar-refractivity contribution in [2.75, 3.05) is 11.9 Å². The maximum Gasteiger partial charge on any atom is 0.309 e. The Hall–Kier alpha value is -2.34. The number of hydrogen-bond acceptors (Lipinski definition) is 4. The number of carboxylic acids is 1. The first-order chi connectivity index (χ1) is 14.9. The van der Waals surface area contributed by atoms with Crippen LogP contribution in [0, 0.1) is 23.7 Å². The summed E-state index contributed by atoms with van der Waals surface area (Å²) in [5, 5.41) is 17.9. The molecular formula is C24H28ClN3O3. The molecule has 4 fully saturated rings. The summed E-state index contributed by atoms with van der Waals surface area (Å²) in [4.78, 5) is 25.6. The number of aromatic nitrogens is 2. The number of benzene rings is 1. The predicted octanol–water partition coefficient (Wildman–Crippen LogP) is 4.35. The second-order valence-corrected chi connectivity index (χ2v) is 10.2. The van der Waals surface area contributed by atoms with Crippen LogP contribution >= 0.6 is 11.6 Å². The first-order valence-corrected chi connectivity index (χ1v) is 11.6. The number of halogens is 1. The minimum absolute atomic E-state index is 0.0927. The van der Waals surface area contributed by atoms with Crippen molar-refractivity contribution in [1.29, 1.82) is 0 Å².